The summed E-state index contributed by atoms with van der Waals surface area (Å²) in [5.41, 5.74) is 2.76. The van der Waals surface area contributed by atoms with Gasteiger partial charge in [-0.05, 0) is 73.1 Å². The molecule has 28 heavy (non-hydrogen) atoms. The number of hydrogen-bond acceptors (Lipinski definition) is 2. The highest BCUT2D eigenvalue weighted by Crippen LogP contribution is 2.29. The number of likely N-dealkylation sites (tertiary alicyclic amines) is 1. The minimum Gasteiger partial charge on any atom is -0.396 e. The number of rotatable bonds is 7. The Morgan fingerprint density at radius 3 is 2.36 bits per heavy atom. The zero-order valence-corrected chi connectivity index (χ0v) is 16.6. The van der Waals surface area contributed by atoms with E-state index in [4.69, 9.17) is 0 Å². The molecule has 1 aliphatic rings. The third-order valence-corrected chi connectivity index (χ3v) is 6.35. The number of nitrogens with zero attached hydrogens (tertiary/aromatic N) is 1. The Morgan fingerprint density at radius 2 is 1.57 bits per heavy atom. The van der Waals surface area contributed by atoms with Crippen molar-refractivity contribution in [3.8, 4) is 0 Å². The van der Waals surface area contributed by atoms with Crippen molar-refractivity contribution in [2.75, 3.05) is 26.2 Å². The fourth-order valence-corrected chi connectivity index (χ4v) is 4.65. The van der Waals surface area contributed by atoms with Gasteiger partial charge in [-0.25, -0.2) is 0 Å². The van der Waals surface area contributed by atoms with Crippen LogP contribution in [0, 0.1) is 5.92 Å². The maximum atomic E-state index is 10.1. The Balaban J connectivity index is 1.31. The molecule has 2 nitrogen and oxygen atoms in total. The average molecular weight is 374 g/mol. The normalized spacial score (nSPS) is 17.0. The third-order valence-electron chi connectivity index (χ3n) is 6.35. The maximum absolute atomic E-state index is 10.1. The molecule has 1 unspecified atom stereocenters. The Hall–Kier alpha value is -2.16. The molecule has 1 fully saturated rings. The van der Waals surface area contributed by atoms with Crippen molar-refractivity contribution in [2.45, 2.75) is 31.6 Å². The van der Waals surface area contributed by atoms with Gasteiger partial charge in [0.1, 0.15) is 0 Å². The molecular weight excluding hydrogens is 342 g/mol. The zero-order chi connectivity index (χ0) is 19.2. The highest BCUT2D eigenvalue weighted by Gasteiger charge is 2.21. The van der Waals surface area contributed by atoms with Gasteiger partial charge in [-0.15, -0.1) is 0 Å². The lowest BCUT2D eigenvalue weighted by Gasteiger charge is -2.33. The van der Waals surface area contributed by atoms with E-state index in [0.29, 0.717) is 0 Å². The monoisotopic (exact) mass is 373 g/mol. The number of aliphatic hydroxyl groups excluding tert-OH is 1. The Bertz CT molecular complexity index is 862. The number of benzene rings is 3. The Morgan fingerprint density at radius 1 is 0.857 bits per heavy atom. The molecule has 0 aromatic heterocycles. The quantitative estimate of drug-likeness (QED) is 0.610. The van der Waals surface area contributed by atoms with Crippen LogP contribution in [0.15, 0.2) is 72.8 Å². The van der Waals surface area contributed by atoms with Crippen molar-refractivity contribution in [3.05, 3.63) is 83.9 Å². The summed E-state index contributed by atoms with van der Waals surface area (Å²) in [5.74, 6) is 1.03. The minimum atomic E-state index is 0.216. The molecule has 0 saturated carbocycles. The first-order chi connectivity index (χ1) is 13.8. The second kappa shape index (κ2) is 9.36. The van der Waals surface area contributed by atoms with E-state index < -0.39 is 0 Å². The van der Waals surface area contributed by atoms with E-state index in [9.17, 15) is 5.11 Å². The molecule has 2 heteroatoms. The van der Waals surface area contributed by atoms with Gasteiger partial charge in [-0.2, -0.15) is 0 Å². The SMILES string of the molecule is OCC(CCN1CCC(Cc2ccccc2)CC1)c1cccc2ccccc12. The van der Waals surface area contributed by atoms with Crippen molar-refractivity contribution < 1.29 is 5.11 Å². The largest absolute Gasteiger partial charge is 0.396 e. The van der Waals surface area contributed by atoms with Gasteiger partial charge in [0, 0.05) is 12.5 Å². The Labute approximate surface area is 168 Å². The van der Waals surface area contributed by atoms with Crippen LogP contribution in [-0.2, 0) is 6.42 Å². The number of aliphatic hydroxyl groups is 1. The second-order valence-electron chi connectivity index (χ2n) is 8.21. The van der Waals surface area contributed by atoms with E-state index >= 15 is 0 Å². The van der Waals surface area contributed by atoms with E-state index in [-0.39, 0.29) is 12.5 Å². The van der Waals surface area contributed by atoms with Crippen molar-refractivity contribution in [1.82, 2.24) is 4.90 Å². The second-order valence-corrected chi connectivity index (χ2v) is 8.21. The van der Waals surface area contributed by atoms with Crippen LogP contribution in [0.3, 0.4) is 0 Å². The van der Waals surface area contributed by atoms with Gasteiger partial charge in [0.2, 0.25) is 0 Å². The fraction of sp³-hybridized carbons (Fsp3) is 0.385. The van der Waals surface area contributed by atoms with E-state index in [1.807, 2.05) is 0 Å². The smallest absolute Gasteiger partial charge is 0.0500 e. The van der Waals surface area contributed by atoms with Crippen LogP contribution in [0.2, 0.25) is 0 Å². The van der Waals surface area contributed by atoms with Crippen molar-refractivity contribution >= 4 is 10.8 Å². The van der Waals surface area contributed by atoms with Crippen LogP contribution in [0.1, 0.15) is 36.3 Å². The van der Waals surface area contributed by atoms with E-state index in [1.54, 1.807) is 0 Å². The standard InChI is InChI=1S/C26H31NO/c28-20-24(26-12-6-10-23-9-4-5-11-25(23)26)15-18-27-16-13-22(14-17-27)19-21-7-2-1-3-8-21/h1-12,22,24,28H,13-20H2. The third kappa shape index (κ3) is 4.63. The molecule has 0 amide bonds. The van der Waals surface area contributed by atoms with Crippen LogP contribution in [0.4, 0.5) is 0 Å². The molecule has 1 aliphatic heterocycles. The van der Waals surface area contributed by atoms with Gasteiger partial charge >= 0.3 is 0 Å². The number of hydrogen-bond donors (Lipinski definition) is 1. The summed E-state index contributed by atoms with van der Waals surface area (Å²) in [6.45, 7) is 3.67. The van der Waals surface area contributed by atoms with Crippen molar-refractivity contribution in [1.29, 1.82) is 0 Å². The van der Waals surface area contributed by atoms with Crippen LogP contribution < -0.4 is 0 Å². The molecule has 4 rings (SSSR count). The summed E-state index contributed by atoms with van der Waals surface area (Å²) in [7, 11) is 0. The summed E-state index contributed by atoms with van der Waals surface area (Å²) in [4.78, 5) is 2.59. The van der Waals surface area contributed by atoms with Gasteiger partial charge in [0.05, 0.1) is 0 Å². The van der Waals surface area contributed by atoms with E-state index in [1.165, 1.54) is 54.3 Å². The first-order valence-electron chi connectivity index (χ1n) is 10.7. The van der Waals surface area contributed by atoms with Crippen molar-refractivity contribution in [2.24, 2.45) is 5.92 Å². The predicted molar refractivity (Wildman–Crippen MR) is 118 cm³/mol. The number of fused-ring (bicyclic) bond motifs is 1. The summed E-state index contributed by atoms with van der Waals surface area (Å²) in [5, 5.41) is 12.6. The van der Waals surface area contributed by atoms with Gasteiger partial charge in [0.25, 0.3) is 0 Å². The molecule has 1 heterocycles. The molecule has 146 valence electrons. The van der Waals surface area contributed by atoms with Crippen LogP contribution in [0.25, 0.3) is 10.8 Å². The molecule has 0 radical (unpaired) electrons. The molecule has 0 spiro atoms. The van der Waals surface area contributed by atoms with E-state index in [2.05, 4.69) is 77.7 Å². The van der Waals surface area contributed by atoms with E-state index in [0.717, 1.165) is 18.9 Å². The molecule has 1 atom stereocenters. The van der Waals surface area contributed by atoms with Gasteiger partial charge in [0.15, 0.2) is 0 Å². The topological polar surface area (TPSA) is 23.5 Å². The molecule has 0 bridgehead atoms. The molecule has 1 N–H and O–H groups in total. The highest BCUT2D eigenvalue weighted by molar-refractivity contribution is 5.86. The lowest BCUT2D eigenvalue weighted by molar-refractivity contribution is 0.169. The molecule has 3 aromatic rings. The number of piperidine rings is 1. The fourth-order valence-electron chi connectivity index (χ4n) is 4.65. The van der Waals surface area contributed by atoms with Crippen molar-refractivity contribution in [3.63, 3.8) is 0 Å². The predicted octanol–water partition coefficient (Wildman–Crippen LogP) is 5.26. The summed E-state index contributed by atoms with van der Waals surface area (Å²) in [6, 6.07) is 25.9. The Kier molecular flexibility index (Phi) is 6.41. The molecule has 3 aromatic carbocycles. The van der Waals surface area contributed by atoms with Crippen LogP contribution >= 0.6 is 0 Å². The lowest BCUT2D eigenvalue weighted by atomic mass is 9.89. The average Bonchev–Trinajstić information content (AvgIpc) is 2.76. The highest BCUT2D eigenvalue weighted by atomic mass is 16.3. The maximum Gasteiger partial charge on any atom is 0.0500 e. The van der Waals surface area contributed by atoms with Gasteiger partial charge in [-0.3, -0.25) is 0 Å². The first kappa shape index (κ1) is 19.2. The van der Waals surface area contributed by atoms with Crippen LogP contribution in [-0.4, -0.2) is 36.2 Å². The van der Waals surface area contributed by atoms with Gasteiger partial charge < -0.3 is 10.0 Å². The van der Waals surface area contributed by atoms with Crippen LogP contribution in [0.5, 0.6) is 0 Å². The molecule has 0 aliphatic carbocycles. The van der Waals surface area contributed by atoms with Gasteiger partial charge in [-0.1, -0.05) is 72.8 Å². The minimum absolute atomic E-state index is 0.216. The molecule has 1 saturated heterocycles. The zero-order valence-electron chi connectivity index (χ0n) is 16.6. The summed E-state index contributed by atoms with van der Waals surface area (Å²) >= 11 is 0. The first-order valence-corrected chi connectivity index (χ1v) is 10.7. The lowest BCUT2D eigenvalue weighted by Crippen LogP contribution is -2.35. The summed E-state index contributed by atoms with van der Waals surface area (Å²) in [6.07, 6.45) is 4.80. The molecular formula is C26H31NO. The summed E-state index contributed by atoms with van der Waals surface area (Å²) < 4.78 is 0.